The maximum atomic E-state index is 8.84. The second-order valence-corrected chi connectivity index (χ2v) is 5.39. The van der Waals surface area contributed by atoms with Crippen molar-refractivity contribution in [2.75, 3.05) is 31.1 Å². The molecule has 1 heterocycles. The van der Waals surface area contributed by atoms with E-state index in [1.807, 2.05) is 25.1 Å². The molecule has 1 saturated heterocycles. The zero-order valence-corrected chi connectivity index (χ0v) is 12.4. The highest BCUT2D eigenvalue weighted by Crippen LogP contribution is 2.21. The largest absolute Gasteiger partial charge is 0.409 e. The molecule has 1 atom stereocenters. The lowest BCUT2D eigenvalue weighted by Crippen LogP contribution is -2.54. The molecule has 5 nitrogen and oxygen atoms in total. The lowest BCUT2D eigenvalue weighted by Gasteiger charge is -2.39. The Kier molecular flexibility index (Phi) is 5.09. The Morgan fingerprint density at radius 1 is 1.40 bits per heavy atom. The van der Waals surface area contributed by atoms with Crippen LogP contribution in [-0.2, 0) is 0 Å². The Labute approximate surface area is 124 Å². The standard InChI is InChI=1S/C14H21ClN4O/c1-2-13(14(16)17-20)19-8-6-18(7-9-19)12-5-3-4-11(15)10-12/h3-5,10,13,20H,2,6-9H2,1H3,(H2,16,17). The van der Waals surface area contributed by atoms with Crippen LogP contribution < -0.4 is 10.6 Å². The number of halogens is 1. The van der Waals surface area contributed by atoms with E-state index < -0.39 is 0 Å². The monoisotopic (exact) mass is 296 g/mol. The van der Waals surface area contributed by atoms with Crippen LogP contribution in [0, 0.1) is 0 Å². The summed E-state index contributed by atoms with van der Waals surface area (Å²) >= 11 is 6.03. The van der Waals surface area contributed by atoms with Crippen molar-refractivity contribution in [1.82, 2.24) is 4.90 Å². The average molecular weight is 297 g/mol. The van der Waals surface area contributed by atoms with Crippen LogP contribution in [0.5, 0.6) is 0 Å². The van der Waals surface area contributed by atoms with Crippen molar-refractivity contribution in [2.24, 2.45) is 10.9 Å². The number of rotatable bonds is 4. The molecule has 1 aromatic rings. The van der Waals surface area contributed by atoms with Crippen LogP contribution in [0.25, 0.3) is 0 Å². The summed E-state index contributed by atoms with van der Waals surface area (Å²) in [5, 5.41) is 12.7. The summed E-state index contributed by atoms with van der Waals surface area (Å²) in [5.74, 6) is 0.295. The van der Waals surface area contributed by atoms with Gasteiger partial charge in [-0.25, -0.2) is 0 Å². The fourth-order valence-electron chi connectivity index (χ4n) is 2.69. The van der Waals surface area contributed by atoms with Crippen molar-refractivity contribution in [1.29, 1.82) is 0 Å². The number of anilines is 1. The molecular formula is C14H21ClN4O. The fourth-order valence-corrected chi connectivity index (χ4v) is 2.87. The Balaban J connectivity index is 1.98. The maximum Gasteiger partial charge on any atom is 0.156 e. The summed E-state index contributed by atoms with van der Waals surface area (Å²) in [7, 11) is 0. The number of nitrogens with zero attached hydrogens (tertiary/aromatic N) is 3. The van der Waals surface area contributed by atoms with E-state index in [0.29, 0.717) is 5.84 Å². The van der Waals surface area contributed by atoms with Gasteiger partial charge in [0.1, 0.15) is 0 Å². The van der Waals surface area contributed by atoms with Gasteiger partial charge < -0.3 is 15.8 Å². The third-order valence-corrected chi connectivity index (χ3v) is 4.01. The molecule has 2 rings (SSSR count). The summed E-state index contributed by atoms with van der Waals surface area (Å²) in [4.78, 5) is 4.57. The summed E-state index contributed by atoms with van der Waals surface area (Å²) in [6.07, 6.45) is 0.840. The van der Waals surface area contributed by atoms with E-state index in [1.54, 1.807) is 0 Å². The number of hydrogen-bond donors (Lipinski definition) is 2. The summed E-state index contributed by atoms with van der Waals surface area (Å²) < 4.78 is 0. The zero-order valence-electron chi connectivity index (χ0n) is 11.7. The van der Waals surface area contributed by atoms with E-state index in [2.05, 4.69) is 21.0 Å². The van der Waals surface area contributed by atoms with Crippen molar-refractivity contribution < 1.29 is 5.21 Å². The lowest BCUT2D eigenvalue weighted by atomic mass is 10.1. The third kappa shape index (κ3) is 3.35. The molecule has 3 N–H and O–H groups in total. The van der Waals surface area contributed by atoms with E-state index in [0.717, 1.165) is 43.3 Å². The van der Waals surface area contributed by atoms with Crippen molar-refractivity contribution in [3.8, 4) is 0 Å². The predicted octanol–water partition coefficient (Wildman–Crippen LogP) is 1.99. The van der Waals surface area contributed by atoms with Crippen molar-refractivity contribution >= 4 is 23.1 Å². The Morgan fingerprint density at radius 3 is 2.65 bits per heavy atom. The van der Waals surface area contributed by atoms with E-state index in [9.17, 15) is 0 Å². The van der Waals surface area contributed by atoms with Crippen LogP contribution in [0.15, 0.2) is 29.4 Å². The summed E-state index contributed by atoms with van der Waals surface area (Å²) in [5.41, 5.74) is 6.90. The molecule has 0 spiro atoms. The van der Waals surface area contributed by atoms with Gasteiger partial charge in [-0.2, -0.15) is 0 Å². The molecule has 1 aliphatic rings. The van der Waals surface area contributed by atoms with E-state index in [1.165, 1.54) is 0 Å². The van der Waals surface area contributed by atoms with Crippen LogP contribution in [-0.4, -0.2) is 48.2 Å². The molecule has 0 radical (unpaired) electrons. The molecule has 20 heavy (non-hydrogen) atoms. The number of nitrogens with two attached hydrogens (primary N) is 1. The van der Waals surface area contributed by atoms with Crippen LogP contribution in [0.3, 0.4) is 0 Å². The number of amidine groups is 1. The average Bonchev–Trinajstić information content (AvgIpc) is 2.48. The van der Waals surface area contributed by atoms with Crippen LogP contribution in [0.4, 0.5) is 5.69 Å². The molecule has 0 saturated carbocycles. The highest BCUT2D eigenvalue weighted by molar-refractivity contribution is 6.30. The number of piperazine rings is 1. The van der Waals surface area contributed by atoms with Crippen LogP contribution in [0.1, 0.15) is 13.3 Å². The Bertz CT molecular complexity index is 472. The molecule has 1 aliphatic heterocycles. The highest BCUT2D eigenvalue weighted by atomic mass is 35.5. The van der Waals surface area contributed by atoms with Gasteiger partial charge in [-0.05, 0) is 24.6 Å². The first-order valence-electron chi connectivity index (χ1n) is 6.87. The predicted molar refractivity (Wildman–Crippen MR) is 82.7 cm³/mol. The van der Waals surface area contributed by atoms with Gasteiger partial charge >= 0.3 is 0 Å². The molecule has 0 amide bonds. The molecule has 0 aromatic heterocycles. The number of hydrogen-bond acceptors (Lipinski definition) is 4. The Morgan fingerprint density at radius 2 is 2.10 bits per heavy atom. The smallest absolute Gasteiger partial charge is 0.156 e. The minimum absolute atomic E-state index is 0.0153. The topological polar surface area (TPSA) is 65.1 Å². The van der Waals surface area contributed by atoms with Gasteiger partial charge in [0.05, 0.1) is 6.04 Å². The molecule has 0 aliphatic carbocycles. The molecule has 1 fully saturated rings. The quantitative estimate of drug-likeness (QED) is 0.386. The van der Waals surface area contributed by atoms with Gasteiger partial charge in [-0.1, -0.05) is 29.7 Å². The van der Waals surface area contributed by atoms with Crippen molar-refractivity contribution in [3.05, 3.63) is 29.3 Å². The van der Waals surface area contributed by atoms with Crippen molar-refractivity contribution in [2.45, 2.75) is 19.4 Å². The maximum absolute atomic E-state index is 8.84. The first kappa shape index (κ1) is 14.9. The van der Waals surface area contributed by atoms with Gasteiger partial charge in [0.25, 0.3) is 0 Å². The normalized spacial score (nSPS) is 19.1. The molecule has 6 heteroatoms. The Hall–Kier alpha value is -1.46. The number of oxime groups is 1. The third-order valence-electron chi connectivity index (χ3n) is 3.77. The lowest BCUT2D eigenvalue weighted by molar-refractivity contribution is 0.216. The van der Waals surface area contributed by atoms with Gasteiger partial charge in [-0.15, -0.1) is 0 Å². The van der Waals surface area contributed by atoms with Crippen molar-refractivity contribution in [3.63, 3.8) is 0 Å². The molecule has 0 bridgehead atoms. The zero-order chi connectivity index (χ0) is 14.5. The fraction of sp³-hybridized carbons (Fsp3) is 0.500. The van der Waals surface area contributed by atoms with E-state index in [4.69, 9.17) is 22.5 Å². The highest BCUT2D eigenvalue weighted by Gasteiger charge is 2.25. The second-order valence-electron chi connectivity index (χ2n) is 4.95. The minimum Gasteiger partial charge on any atom is -0.409 e. The van der Waals surface area contributed by atoms with E-state index >= 15 is 0 Å². The van der Waals surface area contributed by atoms with Crippen LogP contribution in [0.2, 0.25) is 5.02 Å². The second kappa shape index (κ2) is 6.81. The van der Waals surface area contributed by atoms with Crippen LogP contribution >= 0.6 is 11.6 Å². The van der Waals surface area contributed by atoms with Gasteiger partial charge in [0, 0.05) is 36.9 Å². The first-order valence-corrected chi connectivity index (χ1v) is 7.25. The number of benzene rings is 1. The summed E-state index contributed by atoms with van der Waals surface area (Å²) in [6.45, 7) is 5.65. The minimum atomic E-state index is 0.0153. The van der Waals surface area contributed by atoms with E-state index in [-0.39, 0.29) is 6.04 Å². The SMILES string of the molecule is CCC(C(N)=NO)N1CCN(c2cccc(Cl)c2)CC1. The van der Waals surface area contributed by atoms with Gasteiger partial charge in [-0.3, -0.25) is 4.90 Å². The first-order chi connectivity index (χ1) is 9.65. The van der Waals surface area contributed by atoms with Gasteiger partial charge in [0.15, 0.2) is 5.84 Å². The molecule has 1 aromatic carbocycles. The molecule has 1 unspecified atom stereocenters. The molecular weight excluding hydrogens is 276 g/mol. The van der Waals surface area contributed by atoms with Gasteiger partial charge in [0.2, 0.25) is 0 Å². The molecule has 110 valence electrons. The summed E-state index contributed by atoms with van der Waals surface area (Å²) in [6, 6.07) is 7.92.